The molecule has 19 heavy (non-hydrogen) atoms. The molecular weight excluding hydrogens is 249 g/mol. The Morgan fingerprint density at radius 1 is 1.26 bits per heavy atom. The first kappa shape index (κ1) is 12.9. The van der Waals surface area contributed by atoms with Crippen molar-refractivity contribution in [1.82, 2.24) is 9.97 Å². The first-order chi connectivity index (χ1) is 9.19. The number of anilines is 1. The van der Waals surface area contributed by atoms with Gasteiger partial charge in [0.25, 0.3) is 5.91 Å². The zero-order valence-electron chi connectivity index (χ0n) is 10.3. The standard InChI is InChI=1S/C13H12FN3O2/c1-2-19-12-6-4-10(8-16-12)17-13(18)9-3-5-11(14)15-7-9/h3-8H,2H2,1H3,(H,17,18). The number of halogens is 1. The van der Waals surface area contributed by atoms with Crippen molar-refractivity contribution in [3.63, 3.8) is 0 Å². The van der Waals surface area contributed by atoms with Gasteiger partial charge < -0.3 is 10.1 Å². The van der Waals surface area contributed by atoms with Gasteiger partial charge >= 0.3 is 0 Å². The van der Waals surface area contributed by atoms with E-state index in [0.29, 0.717) is 18.2 Å². The summed E-state index contributed by atoms with van der Waals surface area (Å²) < 4.78 is 17.8. The molecule has 2 aromatic heterocycles. The van der Waals surface area contributed by atoms with E-state index < -0.39 is 5.95 Å². The summed E-state index contributed by atoms with van der Waals surface area (Å²) in [5.74, 6) is -0.512. The summed E-state index contributed by atoms with van der Waals surface area (Å²) in [5, 5.41) is 2.63. The quantitative estimate of drug-likeness (QED) is 0.857. The van der Waals surface area contributed by atoms with Crippen molar-refractivity contribution in [3.05, 3.63) is 48.2 Å². The molecule has 1 N–H and O–H groups in total. The number of carbonyl (C=O) groups is 1. The number of aromatic nitrogens is 2. The van der Waals surface area contributed by atoms with Gasteiger partial charge in [-0.3, -0.25) is 4.79 Å². The van der Waals surface area contributed by atoms with E-state index in [-0.39, 0.29) is 11.5 Å². The summed E-state index contributed by atoms with van der Waals surface area (Å²) >= 11 is 0. The number of amides is 1. The van der Waals surface area contributed by atoms with Gasteiger partial charge in [0.05, 0.1) is 24.1 Å². The average Bonchev–Trinajstić information content (AvgIpc) is 2.42. The predicted octanol–water partition coefficient (Wildman–Crippen LogP) is 2.27. The molecule has 2 rings (SSSR count). The van der Waals surface area contributed by atoms with Gasteiger partial charge in [0, 0.05) is 12.3 Å². The number of hydrogen-bond acceptors (Lipinski definition) is 4. The van der Waals surface area contributed by atoms with E-state index in [1.54, 1.807) is 12.1 Å². The molecule has 0 aliphatic carbocycles. The molecule has 0 aliphatic heterocycles. The average molecular weight is 261 g/mol. The molecule has 0 saturated carbocycles. The fourth-order valence-corrected chi connectivity index (χ4v) is 1.40. The maximum absolute atomic E-state index is 12.6. The highest BCUT2D eigenvalue weighted by molar-refractivity contribution is 6.03. The minimum absolute atomic E-state index is 0.273. The van der Waals surface area contributed by atoms with Gasteiger partial charge in [-0.05, 0) is 25.1 Å². The minimum Gasteiger partial charge on any atom is -0.478 e. The van der Waals surface area contributed by atoms with Crippen LogP contribution < -0.4 is 10.1 Å². The molecule has 0 fully saturated rings. The van der Waals surface area contributed by atoms with Gasteiger partial charge in [-0.25, -0.2) is 9.97 Å². The van der Waals surface area contributed by atoms with Gasteiger partial charge in [0.2, 0.25) is 11.8 Å². The first-order valence-electron chi connectivity index (χ1n) is 5.71. The summed E-state index contributed by atoms with van der Waals surface area (Å²) in [6.45, 7) is 2.39. The molecule has 6 heteroatoms. The highest BCUT2D eigenvalue weighted by Gasteiger charge is 2.07. The summed E-state index contributed by atoms with van der Waals surface area (Å²) in [6, 6.07) is 5.82. The highest BCUT2D eigenvalue weighted by Crippen LogP contribution is 2.12. The van der Waals surface area contributed by atoms with Crippen LogP contribution in [0.1, 0.15) is 17.3 Å². The predicted molar refractivity (Wildman–Crippen MR) is 67.6 cm³/mol. The number of ether oxygens (including phenoxy) is 1. The Balaban J connectivity index is 2.04. The second-order valence-corrected chi connectivity index (χ2v) is 3.64. The first-order valence-corrected chi connectivity index (χ1v) is 5.71. The molecule has 1 amide bonds. The van der Waals surface area contributed by atoms with Crippen molar-refractivity contribution < 1.29 is 13.9 Å². The van der Waals surface area contributed by atoms with Crippen molar-refractivity contribution in [2.24, 2.45) is 0 Å². The smallest absolute Gasteiger partial charge is 0.257 e. The third kappa shape index (κ3) is 3.48. The Morgan fingerprint density at radius 2 is 2.11 bits per heavy atom. The molecule has 0 atom stereocenters. The lowest BCUT2D eigenvalue weighted by Crippen LogP contribution is -2.12. The Kier molecular flexibility index (Phi) is 4.02. The third-order valence-electron chi connectivity index (χ3n) is 2.28. The van der Waals surface area contributed by atoms with E-state index in [1.807, 2.05) is 6.92 Å². The maximum Gasteiger partial charge on any atom is 0.257 e. The summed E-state index contributed by atoms with van der Waals surface area (Å²) in [5.41, 5.74) is 0.799. The van der Waals surface area contributed by atoms with Gasteiger partial charge in [-0.2, -0.15) is 4.39 Å². The Bertz CT molecular complexity index is 555. The summed E-state index contributed by atoms with van der Waals surface area (Å²) in [7, 11) is 0. The molecule has 0 radical (unpaired) electrons. The Morgan fingerprint density at radius 3 is 2.68 bits per heavy atom. The van der Waals surface area contributed by atoms with Crippen molar-refractivity contribution in [2.75, 3.05) is 11.9 Å². The van der Waals surface area contributed by atoms with Gasteiger partial charge in [-0.15, -0.1) is 0 Å². The van der Waals surface area contributed by atoms with Crippen LogP contribution in [0.15, 0.2) is 36.7 Å². The normalized spacial score (nSPS) is 10.0. The van der Waals surface area contributed by atoms with Crippen LogP contribution in [0, 0.1) is 5.95 Å². The molecule has 2 aromatic rings. The SMILES string of the molecule is CCOc1ccc(NC(=O)c2ccc(F)nc2)cn1. The van der Waals surface area contributed by atoms with Crippen molar-refractivity contribution in [3.8, 4) is 5.88 Å². The third-order valence-corrected chi connectivity index (χ3v) is 2.28. The van der Waals surface area contributed by atoms with E-state index in [4.69, 9.17) is 4.74 Å². The number of nitrogens with zero attached hydrogens (tertiary/aromatic N) is 2. The number of pyridine rings is 2. The van der Waals surface area contributed by atoms with E-state index in [0.717, 1.165) is 6.07 Å². The van der Waals surface area contributed by atoms with Crippen LogP contribution >= 0.6 is 0 Å². The highest BCUT2D eigenvalue weighted by atomic mass is 19.1. The van der Waals surface area contributed by atoms with Crippen LogP contribution in [0.3, 0.4) is 0 Å². The summed E-state index contributed by atoms with van der Waals surface area (Å²) in [4.78, 5) is 19.2. The van der Waals surface area contributed by atoms with Gasteiger partial charge in [0.15, 0.2) is 0 Å². The number of nitrogens with one attached hydrogen (secondary N) is 1. The summed E-state index contributed by atoms with van der Waals surface area (Å²) in [6.07, 6.45) is 2.66. The molecule has 0 bridgehead atoms. The zero-order chi connectivity index (χ0) is 13.7. The van der Waals surface area contributed by atoms with Crippen LogP contribution in [0.4, 0.5) is 10.1 Å². The fourth-order valence-electron chi connectivity index (χ4n) is 1.40. The number of carbonyl (C=O) groups excluding carboxylic acids is 1. The van der Waals surface area contributed by atoms with Crippen LogP contribution in [-0.4, -0.2) is 22.5 Å². The monoisotopic (exact) mass is 261 g/mol. The topological polar surface area (TPSA) is 64.1 Å². The molecular formula is C13H12FN3O2. The maximum atomic E-state index is 12.6. The van der Waals surface area contributed by atoms with Crippen molar-refractivity contribution >= 4 is 11.6 Å². The molecule has 0 aliphatic rings. The van der Waals surface area contributed by atoms with Crippen LogP contribution in [0.2, 0.25) is 0 Å². The van der Waals surface area contributed by atoms with Crippen molar-refractivity contribution in [2.45, 2.75) is 6.92 Å². The van der Waals surface area contributed by atoms with Crippen LogP contribution in [-0.2, 0) is 0 Å². The van der Waals surface area contributed by atoms with Gasteiger partial charge in [0.1, 0.15) is 0 Å². The Labute approximate surface area is 109 Å². The molecule has 5 nitrogen and oxygen atoms in total. The van der Waals surface area contributed by atoms with E-state index in [9.17, 15) is 9.18 Å². The minimum atomic E-state index is -0.626. The lowest BCUT2D eigenvalue weighted by molar-refractivity contribution is 0.102. The zero-order valence-corrected chi connectivity index (χ0v) is 10.3. The molecule has 98 valence electrons. The molecule has 2 heterocycles. The molecule has 0 unspecified atom stereocenters. The lowest BCUT2D eigenvalue weighted by atomic mass is 10.2. The molecule has 0 saturated heterocycles. The largest absolute Gasteiger partial charge is 0.478 e. The van der Waals surface area contributed by atoms with Gasteiger partial charge in [-0.1, -0.05) is 0 Å². The van der Waals surface area contributed by atoms with Crippen molar-refractivity contribution in [1.29, 1.82) is 0 Å². The number of hydrogen-bond donors (Lipinski definition) is 1. The second kappa shape index (κ2) is 5.90. The van der Waals surface area contributed by atoms with Crippen LogP contribution in [0.25, 0.3) is 0 Å². The van der Waals surface area contributed by atoms with E-state index in [1.165, 1.54) is 18.5 Å². The second-order valence-electron chi connectivity index (χ2n) is 3.64. The van der Waals surface area contributed by atoms with E-state index >= 15 is 0 Å². The van der Waals surface area contributed by atoms with E-state index in [2.05, 4.69) is 15.3 Å². The molecule has 0 aromatic carbocycles. The molecule has 0 spiro atoms. The lowest BCUT2D eigenvalue weighted by Gasteiger charge is -2.06. The van der Waals surface area contributed by atoms with Crippen LogP contribution in [0.5, 0.6) is 5.88 Å². The Hall–Kier alpha value is -2.50. The number of rotatable bonds is 4. The fraction of sp³-hybridized carbons (Fsp3) is 0.154.